The van der Waals surface area contributed by atoms with Gasteiger partial charge < -0.3 is 19.9 Å². The number of amides is 2. The van der Waals surface area contributed by atoms with Crippen LogP contribution in [0.1, 0.15) is 12.7 Å². The van der Waals surface area contributed by atoms with Crippen LogP contribution in [0.15, 0.2) is 59.3 Å². The summed E-state index contributed by atoms with van der Waals surface area (Å²) in [7, 11) is 0. The number of aryl methyl sites for hydroxylation is 1. The summed E-state index contributed by atoms with van der Waals surface area (Å²) in [5.74, 6) is 1.71. The van der Waals surface area contributed by atoms with E-state index < -0.39 is 5.25 Å². The second kappa shape index (κ2) is 9.74. The molecule has 3 aromatic rings. The largest absolute Gasteiger partial charge is 0.439 e. The van der Waals surface area contributed by atoms with E-state index in [9.17, 15) is 9.59 Å². The first-order chi connectivity index (χ1) is 14.0. The summed E-state index contributed by atoms with van der Waals surface area (Å²) < 4.78 is 10.5. The number of pyridine rings is 1. The average Bonchev–Trinajstić information content (AvgIpc) is 3.13. The molecule has 0 spiro atoms. The lowest BCUT2D eigenvalue weighted by atomic mass is 10.3. The van der Waals surface area contributed by atoms with Crippen molar-refractivity contribution in [1.29, 1.82) is 0 Å². The molecule has 2 heterocycles. The van der Waals surface area contributed by atoms with Crippen LogP contribution in [-0.4, -0.2) is 33.0 Å². The molecule has 0 aliphatic heterocycles. The first kappa shape index (κ1) is 20.4. The van der Waals surface area contributed by atoms with E-state index in [4.69, 9.17) is 9.26 Å². The van der Waals surface area contributed by atoms with Gasteiger partial charge in [-0.25, -0.2) is 4.98 Å². The summed E-state index contributed by atoms with van der Waals surface area (Å²) in [4.78, 5) is 28.4. The van der Waals surface area contributed by atoms with Crippen molar-refractivity contribution in [3.05, 3.63) is 60.5 Å². The molecule has 2 amide bonds. The van der Waals surface area contributed by atoms with Crippen LogP contribution < -0.4 is 15.4 Å². The average molecular weight is 412 g/mol. The Morgan fingerprint density at radius 2 is 1.97 bits per heavy atom. The smallest absolute Gasteiger partial charge is 0.238 e. The number of ether oxygens (including phenoxy) is 1. The van der Waals surface area contributed by atoms with Crippen molar-refractivity contribution in [2.75, 3.05) is 16.4 Å². The minimum Gasteiger partial charge on any atom is -0.439 e. The fourth-order valence-corrected chi connectivity index (χ4v) is 2.93. The number of aromatic nitrogens is 2. The third kappa shape index (κ3) is 6.35. The van der Waals surface area contributed by atoms with E-state index in [1.165, 1.54) is 18.0 Å². The van der Waals surface area contributed by atoms with Crippen LogP contribution in [0.4, 0.5) is 11.5 Å². The van der Waals surface area contributed by atoms with E-state index in [2.05, 4.69) is 20.8 Å². The number of hydrogen-bond acceptors (Lipinski definition) is 7. The normalized spacial score (nSPS) is 11.5. The van der Waals surface area contributed by atoms with Gasteiger partial charge in [0.2, 0.25) is 17.7 Å². The van der Waals surface area contributed by atoms with Gasteiger partial charge in [0.25, 0.3) is 0 Å². The zero-order valence-electron chi connectivity index (χ0n) is 15.9. The van der Waals surface area contributed by atoms with Gasteiger partial charge in [-0.2, -0.15) is 0 Å². The number of para-hydroxylation sites is 1. The van der Waals surface area contributed by atoms with Gasteiger partial charge in [-0.05, 0) is 32.0 Å². The number of nitrogens with one attached hydrogen (secondary N) is 2. The number of benzene rings is 1. The first-order valence-corrected chi connectivity index (χ1v) is 9.89. The number of rotatable bonds is 8. The Hall–Kier alpha value is -3.33. The van der Waals surface area contributed by atoms with Crippen molar-refractivity contribution >= 4 is 35.1 Å². The van der Waals surface area contributed by atoms with E-state index in [0.717, 1.165) is 0 Å². The number of hydrogen-bond donors (Lipinski definition) is 2. The summed E-state index contributed by atoms with van der Waals surface area (Å²) in [6.45, 7) is 3.46. The van der Waals surface area contributed by atoms with Crippen molar-refractivity contribution in [3.63, 3.8) is 0 Å². The fourth-order valence-electron chi connectivity index (χ4n) is 2.25. The minimum atomic E-state index is -0.433. The molecule has 2 N–H and O–H groups in total. The second-order valence-corrected chi connectivity index (χ2v) is 7.44. The molecule has 1 atom stereocenters. The van der Waals surface area contributed by atoms with Crippen molar-refractivity contribution < 1.29 is 18.8 Å². The van der Waals surface area contributed by atoms with Crippen molar-refractivity contribution in [2.45, 2.75) is 19.1 Å². The third-order valence-electron chi connectivity index (χ3n) is 3.70. The maximum atomic E-state index is 12.1. The highest BCUT2D eigenvalue weighted by Crippen LogP contribution is 2.20. The van der Waals surface area contributed by atoms with Gasteiger partial charge in [0, 0.05) is 12.1 Å². The van der Waals surface area contributed by atoms with E-state index in [0.29, 0.717) is 28.9 Å². The molecule has 3 rings (SSSR count). The number of anilines is 2. The molecule has 1 aromatic carbocycles. The molecule has 0 bridgehead atoms. The van der Waals surface area contributed by atoms with Gasteiger partial charge in [0.15, 0.2) is 5.82 Å². The van der Waals surface area contributed by atoms with Gasteiger partial charge in [0.05, 0.1) is 22.9 Å². The maximum absolute atomic E-state index is 12.1. The summed E-state index contributed by atoms with van der Waals surface area (Å²) in [5, 5.41) is 8.66. The molecule has 29 heavy (non-hydrogen) atoms. The van der Waals surface area contributed by atoms with E-state index >= 15 is 0 Å². The second-order valence-electron chi connectivity index (χ2n) is 6.11. The Balaban J connectivity index is 1.43. The monoisotopic (exact) mass is 412 g/mol. The molecule has 2 aromatic heterocycles. The molecular weight excluding hydrogens is 392 g/mol. The molecule has 0 unspecified atom stereocenters. The lowest BCUT2D eigenvalue weighted by Crippen LogP contribution is -2.25. The lowest BCUT2D eigenvalue weighted by Gasteiger charge is -2.11. The molecular formula is C20H20N4O4S. The fraction of sp³-hybridized carbons (Fsp3) is 0.200. The highest BCUT2D eigenvalue weighted by molar-refractivity contribution is 8.01. The van der Waals surface area contributed by atoms with Crippen molar-refractivity contribution in [3.8, 4) is 11.6 Å². The maximum Gasteiger partial charge on any atom is 0.238 e. The topological polar surface area (TPSA) is 106 Å². The van der Waals surface area contributed by atoms with Gasteiger partial charge >= 0.3 is 0 Å². The Morgan fingerprint density at radius 3 is 2.62 bits per heavy atom. The van der Waals surface area contributed by atoms with E-state index in [1.807, 2.05) is 30.3 Å². The number of nitrogens with zero attached hydrogens (tertiary/aromatic N) is 2. The highest BCUT2D eigenvalue weighted by atomic mass is 32.2. The molecule has 0 radical (unpaired) electrons. The van der Waals surface area contributed by atoms with Crippen LogP contribution in [0.25, 0.3) is 0 Å². The molecule has 0 saturated carbocycles. The van der Waals surface area contributed by atoms with E-state index in [-0.39, 0.29) is 17.6 Å². The van der Waals surface area contributed by atoms with Crippen LogP contribution in [0.3, 0.4) is 0 Å². The van der Waals surface area contributed by atoms with Gasteiger partial charge in [-0.3, -0.25) is 9.59 Å². The standard InChI is InChI=1S/C20H20N4O4S/c1-13-10-17(24-28-13)23-20(26)14(2)29-12-18(25)22-15-8-9-19(21-11-15)27-16-6-4-3-5-7-16/h3-11,14H,12H2,1-2H3,(H,22,25)(H,23,24,26)/t14-/m1/s1. The molecule has 0 aliphatic rings. The molecule has 0 fully saturated rings. The summed E-state index contributed by atoms with van der Waals surface area (Å²) in [5.41, 5.74) is 0.547. The predicted molar refractivity (Wildman–Crippen MR) is 111 cm³/mol. The Kier molecular flexibility index (Phi) is 6.85. The van der Waals surface area contributed by atoms with Crippen LogP contribution >= 0.6 is 11.8 Å². The van der Waals surface area contributed by atoms with Gasteiger partial charge in [-0.15, -0.1) is 11.8 Å². The Morgan fingerprint density at radius 1 is 1.17 bits per heavy atom. The summed E-state index contributed by atoms with van der Waals surface area (Å²) >= 11 is 1.22. The van der Waals surface area contributed by atoms with Gasteiger partial charge in [-0.1, -0.05) is 23.4 Å². The Labute approximate surface area is 172 Å². The SMILES string of the molecule is Cc1cc(NC(=O)[C@@H](C)SCC(=O)Nc2ccc(Oc3ccccc3)nc2)no1. The number of carbonyl (C=O) groups is 2. The summed E-state index contributed by atoms with van der Waals surface area (Å²) in [6.07, 6.45) is 1.52. The molecule has 150 valence electrons. The molecule has 9 heteroatoms. The predicted octanol–water partition coefficient (Wildman–Crippen LogP) is 3.87. The number of thioether (sulfide) groups is 1. The highest BCUT2D eigenvalue weighted by Gasteiger charge is 2.17. The zero-order valence-corrected chi connectivity index (χ0v) is 16.7. The van der Waals surface area contributed by atoms with Crippen molar-refractivity contribution in [1.82, 2.24) is 10.1 Å². The van der Waals surface area contributed by atoms with Crippen molar-refractivity contribution in [2.24, 2.45) is 0 Å². The quantitative estimate of drug-likeness (QED) is 0.578. The van der Waals surface area contributed by atoms with E-state index in [1.54, 1.807) is 32.0 Å². The number of carbonyl (C=O) groups excluding carboxylic acids is 2. The third-order valence-corrected chi connectivity index (χ3v) is 4.84. The van der Waals surface area contributed by atoms with Crippen LogP contribution in [0.5, 0.6) is 11.6 Å². The molecule has 0 saturated heterocycles. The van der Waals surface area contributed by atoms with Crippen LogP contribution in [0, 0.1) is 6.92 Å². The summed E-state index contributed by atoms with van der Waals surface area (Å²) in [6, 6.07) is 14.3. The lowest BCUT2D eigenvalue weighted by molar-refractivity contribution is -0.115. The minimum absolute atomic E-state index is 0.120. The zero-order chi connectivity index (χ0) is 20.6. The van der Waals surface area contributed by atoms with Crippen LogP contribution in [0.2, 0.25) is 0 Å². The van der Waals surface area contributed by atoms with Crippen LogP contribution in [-0.2, 0) is 9.59 Å². The van der Waals surface area contributed by atoms with Gasteiger partial charge in [0.1, 0.15) is 11.5 Å². The Bertz CT molecular complexity index is 960. The molecule has 8 nitrogen and oxygen atoms in total. The molecule has 0 aliphatic carbocycles. The first-order valence-electron chi connectivity index (χ1n) is 8.84.